The predicted octanol–water partition coefficient (Wildman–Crippen LogP) is 1.48. The number of aliphatic hydroxyl groups excluding tert-OH is 1. The largest absolute Gasteiger partial charge is 0.396 e. The van der Waals surface area contributed by atoms with Crippen LogP contribution in [0, 0.1) is 17.2 Å². The number of sulfonamides is 1. The van der Waals surface area contributed by atoms with Gasteiger partial charge >= 0.3 is 0 Å². The van der Waals surface area contributed by atoms with E-state index in [1.165, 1.54) is 4.31 Å². The van der Waals surface area contributed by atoms with E-state index < -0.39 is 10.0 Å². The summed E-state index contributed by atoms with van der Waals surface area (Å²) in [5.74, 6) is 0.0903. The zero-order chi connectivity index (χ0) is 15.3. The van der Waals surface area contributed by atoms with Gasteiger partial charge in [-0.1, -0.05) is 18.2 Å². The summed E-state index contributed by atoms with van der Waals surface area (Å²) >= 11 is 0. The molecule has 0 bridgehead atoms. The van der Waals surface area contributed by atoms with E-state index in [9.17, 15) is 8.42 Å². The summed E-state index contributed by atoms with van der Waals surface area (Å²) in [6.07, 6.45) is 2.42. The van der Waals surface area contributed by atoms with E-state index in [2.05, 4.69) is 0 Å². The van der Waals surface area contributed by atoms with Gasteiger partial charge in [0.25, 0.3) is 0 Å². The highest BCUT2D eigenvalue weighted by Gasteiger charge is 2.29. The second kappa shape index (κ2) is 7.03. The van der Waals surface area contributed by atoms with Crippen molar-refractivity contribution in [1.82, 2.24) is 4.31 Å². The van der Waals surface area contributed by atoms with Crippen LogP contribution in [0.4, 0.5) is 0 Å². The molecule has 0 radical (unpaired) electrons. The number of nitrogens with zero attached hydrogens (tertiary/aromatic N) is 2. The zero-order valence-corrected chi connectivity index (χ0v) is 12.7. The average molecular weight is 308 g/mol. The van der Waals surface area contributed by atoms with Crippen LogP contribution in [0.25, 0.3) is 0 Å². The smallest absolute Gasteiger partial charge is 0.218 e. The van der Waals surface area contributed by atoms with Crippen LogP contribution in [0.5, 0.6) is 0 Å². The first-order chi connectivity index (χ1) is 10.1. The van der Waals surface area contributed by atoms with Gasteiger partial charge in [0.05, 0.1) is 17.4 Å². The van der Waals surface area contributed by atoms with Gasteiger partial charge in [0.2, 0.25) is 10.0 Å². The molecule has 1 aromatic rings. The Hall–Kier alpha value is -1.42. The summed E-state index contributed by atoms with van der Waals surface area (Å²) in [5, 5.41) is 18.1. The van der Waals surface area contributed by atoms with Crippen LogP contribution >= 0.6 is 0 Å². The molecule has 1 saturated heterocycles. The summed E-state index contributed by atoms with van der Waals surface area (Å²) < 4.78 is 26.6. The fraction of sp³-hybridized carbons (Fsp3) is 0.533. The SMILES string of the molecule is N#Cc1ccccc1CS(=O)(=O)N1CCCC(CCO)C1. The number of benzene rings is 1. The highest BCUT2D eigenvalue weighted by molar-refractivity contribution is 7.88. The molecular formula is C15H20N2O3S. The van der Waals surface area contributed by atoms with E-state index in [1.807, 2.05) is 6.07 Å². The molecule has 2 rings (SSSR count). The van der Waals surface area contributed by atoms with Crippen molar-refractivity contribution < 1.29 is 13.5 Å². The highest BCUT2D eigenvalue weighted by atomic mass is 32.2. The maximum atomic E-state index is 12.5. The van der Waals surface area contributed by atoms with E-state index in [4.69, 9.17) is 10.4 Å². The lowest BCUT2D eigenvalue weighted by Crippen LogP contribution is -2.40. The van der Waals surface area contributed by atoms with Crippen molar-refractivity contribution in [2.45, 2.75) is 25.0 Å². The summed E-state index contributed by atoms with van der Waals surface area (Å²) in [4.78, 5) is 0. The Balaban J connectivity index is 2.13. The first-order valence-corrected chi connectivity index (χ1v) is 8.74. The minimum atomic E-state index is -3.42. The quantitative estimate of drug-likeness (QED) is 0.893. The molecular weight excluding hydrogens is 288 g/mol. The first-order valence-electron chi connectivity index (χ1n) is 7.13. The van der Waals surface area contributed by atoms with Crippen LogP contribution in [0.1, 0.15) is 30.4 Å². The van der Waals surface area contributed by atoms with Crippen molar-refractivity contribution in [2.75, 3.05) is 19.7 Å². The van der Waals surface area contributed by atoms with Crippen LogP contribution in [0.2, 0.25) is 0 Å². The van der Waals surface area contributed by atoms with E-state index >= 15 is 0 Å². The average Bonchev–Trinajstić information content (AvgIpc) is 2.48. The molecule has 1 atom stereocenters. The standard InChI is InChI=1S/C15H20N2O3S/c16-10-14-5-1-2-6-15(14)12-21(19,20)17-8-3-4-13(11-17)7-9-18/h1-2,5-6,13,18H,3-4,7-9,11-12H2. The molecule has 1 aromatic carbocycles. The van der Waals surface area contributed by atoms with Gasteiger partial charge in [-0.3, -0.25) is 0 Å². The molecule has 1 aliphatic rings. The molecule has 1 heterocycles. The Kier molecular flexibility index (Phi) is 5.34. The molecule has 1 unspecified atom stereocenters. The van der Waals surface area contributed by atoms with Crippen LogP contribution in [-0.2, 0) is 15.8 Å². The number of piperidine rings is 1. The third kappa shape index (κ3) is 4.03. The van der Waals surface area contributed by atoms with Gasteiger partial charge in [-0.25, -0.2) is 12.7 Å². The number of hydrogen-bond donors (Lipinski definition) is 1. The van der Waals surface area contributed by atoms with E-state index in [0.717, 1.165) is 12.8 Å². The minimum absolute atomic E-state index is 0.0931. The predicted molar refractivity (Wildman–Crippen MR) is 79.8 cm³/mol. The molecule has 0 saturated carbocycles. The fourth-order valence-corrected chi connectivity index (χ4v) is 4.41. The van der Waals surface area contributed by atoms with Gasteiger partial charge in [-0.2, -0.15) is 5.26 Å². The lowest BCUT2D eigenvalue weighted by atomic mass is 9.97. The van der Waals surface area contributed by atoms with Crippen molar-refractivity contribution in [3.8, 4) is 6.07 Å². The Morgan fingerprint density at radius 2 is 2.14 bits per heavy atom. The second-order valence-corrected chi connectivity index (χ2v) is 7.37. The number of aliphatic hydroxyl groups is 1. The van der Waals surface area contributed by atoms with E-state index in [-0.39, 0.29) is 18.3 Å². The van der Waals surface area contributed by atoms with Gasteiger partial charge < -0.3 is 5.11 Å². The van der Waals surface area contributed by atoms with Gasteiger partial charge in [0.15, 0.2) is 0 Å². The molecule has 1 N–H and O–H groups in total. The summed E-state index contributed by atoms with van der Waals surface area (Å²) in [7, 11) is -3.42. The fourth-order valence-electron chi connectivity index (χ4n) is 2.74. The maximum Gasteiger partial charge on any atom is 0.218 e. The minimum Gasteiger partial charge on any atom is -0.396 e. The highest BCUT2D eigenvalue weighted by Crippen LogP contribution is 2.24. The molecule has 5 nitrogen and oxygen atoms in total. The van der Waals surface area contributed by atoms with Crippen LogP contribution in [-0.4, -0.2) is 37.5 Å². The number of hydrogen-bond acceptors (Lipinski definition) is 4. The number of rotatable bonds is 5. The Labute approximate surface area is 125 Å². The van der Waals surface area contributed by atoms with Crippen molar-refractivity contribution in [2.24, 2.45) is 5.92 Å². The Bertz CT molecular complexity index is 620. The molecule has 21 heavy (non-hydrogen) atoms. The maximum absolute atomic E-state index is 12.5. The second-order valence-electron chi connectivity index (χ2n) is 5.40. The van der Waals surface area contributed by atoms with Crippen molar-refractivity contribution in [3.63, 3.8) is 0 Å². The third-order valence-electron chi connectivity index (χ3n) is 3.89. The van der Waals surface area contributed by atoms with E-state index in [1.54, 1.807) is 24.3 Å². The number of nitriles is 1. The summed E-state index contributed by atoms with van der Waals surface area (Å²) in [5.41, 5.74) is 0.953. The van der Waals surface area contributed by atoms with Crippen LogP contribution < -0.4 is 0 Å². The Morgan fingerprint density at radius 1 is 1.38 bits per heavy atom. The van der Waals surface area contributed by atoms with Crippen LogP contribution in [0.15, 0.2) is 24.3 Å². The lowest BCUT2D eigenvalue weighted by Gasteiger charge is -2.31. The molecule has 0 aromatic heterocycles. The molecule has 0 amide bonds. The van der Waals surface area contributed by atoms with Crippen LogP contribution in [0.3, 0.4) is 0 Å². The molecule has 0 spiro atoms. The van der Waals surface area contributed by atoms with Crippen molar-refractivity contribution in [3.05, 3.63) is 35.4 Å². The monoisotopic (exact) mass is 308 g/mol. The van der Waals surface area contributed by atoms with Gasteiger partial charge in [-0.05, 0) is 36.8 Å². The van der Waals surface area contributed by atoms with E-state index in [0.29, 0.717) is 30.6 Å². The summed E-state index contributed by atoms with van der Waals surface area (Å²) in [6, 6.07) is 8.83. The van der Waals surface area contributed by atoms with Crippen molar-refractivity contribution >= 4 is 10.0 Å². The van der Waals surface area contributed by atoms with Gasteiger partial charge in [0, 0.05) is 19.7 Å². The zero-order valence-electron chi connectivity index (χ0n) is 11.9. The summed E-state index contributed by atoms with van der Waals surface area (Å²) in [6.45, 7) is 1.09. The first kappa shape index (κ1) is 16.0. The van der Waals surface area contributed by atoms with Crippen molar-refractivity contribution in [1.29, 1.82) is 5.26 Å². The Morgan fingerprint density at radius 3 is 2.86 bits per heavy atom. The molecule has 1 fully saturated rings. The third-order valence-corrected chi connectivity index (χ3v) is 5.68. The molecule has 0 aliphatic carbocycles. The molecule has 6 heteroatoms. The molecule has 114 valence electrons. The van der Waals surface area contributed by atoms with Gasteiger partial charge in [0.1, 0.15) is 0 Å². The molecule has 1 aliphatic heterocycles. The lowest BCUT2D eigenvalue weighted by molar-refractivity contribution is 0.202. The van der Waals surface area contributed by atoms with Gasteiger partial charge in [-0.15, -0.1) is 0 Å². The normalized spacial score (nSPS) is 20.1. The topological polar surface area (TPSA) is 81.4 Å².